The molecule has 0 saturated carbocycles. The highest BCUT2D eigenvalue weighted by molar-refractivity contribution is 7.91. The largest absolute Gasteiger partial charge is 0.508 e. The maximum Gasteiger partial charge on any atom is 0.390 e. The van der Waals surface area contributed by atoms with Gasteiger partial charge >= 0.3 is 6.18 Å². The Morgan fingerprint density at radius 3 is 2.42 bits per heavy atom. The predicted molar refractivity (Wildman–Crippen MR) is 160 cm³/mol. The van der Waals surface area contributed by atoms with Gasteiger partial charge in [0.2, 0.25) is 0 Å². The van der Waals surface area contributed by atoms with Gasteiger partial charge in [-0.2, -0.15) is 13.2 Å². The number of aromatic hydroxyl groups is 1. The molecule has 4 rings (SSSR count). The Kier molecular flexibility index (Phi) is 11.7. The summed E-state index contributed by atoms with van der Waals surface area (Å²) in [5.74, 6) is -1.99. The van der Waals surface area contributed by atoms with Crippen molar-refractivity contribution in [3.63, 3.8) is 0 Å². The number of phenolic OH excluding ortho intramolecular Hbond substituents is 1. The number of aryl methyl sites for hydroxylation is 1. The Bertz CT molecular complexity index is 1370. The first kappa shape index (κ1) is 33.4. The quantitative estimate of drug-likeness (QED) is 0.169. The van der Waals surface area contributed by atoms with Crippen molar-refractivity contribution in [2.24, 2.45) is 0 Å². The van der Waals surface area contributed by atoms with Crippen molar-refractivity contribution in [2.45, 2.75) is 95.7 Å². The molecule has 1 aliphatic carbocycles. The third kappa shape index (κ3) is 10.0. The van der Waals surface area contributed by atoms with E-state index in [4.69, 9.17) is 0 Å². The number of hydrogen-bond acceptors (Lipinski definition) is 4. The van der Waals surface area contributed by atoms with Gasteiger partial charge in [0.1, 0.15) is 17.4 Å². The second kappa shape index (κ2) is 15.0. The Morgan fingerprint density at radius 1 is 0.884 bits per heavy atom. The number of fused-ring (bicyclic) bond motifs is 1. The number of rotatable bonds is 14. The van der Waals surface area contributed by atoms with Crippen LogP contribution in [-0.4, -0.2) is 55.2 Å². The molecule has 1 aliphatic heterocycles. The Hall–Kier alpha value is -2.46. The van der Waals surface area contributed by atoms with E-state index in [-0.39, 0.29) is 17.5 Å². The van der Waals surface area contributed by atoms with Crippen molar-refractivity contribution in [3.05, 3.63) is 64.7 Å². The fraction of sp³-hybridized carbons (Fsp3) is 0.576. The molecule has 1 N–H and O–H groups in total. The van der Waals surface area contributed by atoms with Crippen LogP contribution in [0.2, 0.25) is 0 Å². The maximum atomic E-state index is 14.9. The summed E-state index contributed by atoms with van der Waals surface area (Å²) >= 11 is 0. The van der Waals surface area contributed by atoms with Crippen LogP contribution < -0.4 is 0 Å². The molecule has 0 unspecified atom stereocenters. The molecule has 43 heavy (non-hydrogen) atoms. The zero-order valence-corrected chi connectivity index (χ0v) is 25.4. The molecule has 10 heteroatoms. The van der Waals surface area contributed by atoms with Crippen LogP contribution in [0.15, 0.2) is 36.4 Å². The lowest BCUT2D eigenvalue weighted by Gasteiger charge is -2.24. The van der Waals surface area contributed by atoms with E-state index < -0.39 is 39.8 Å². The molecule has 1 fully saturated rings. The van der Waals surface area contributed by atoms with Gasteiger partial charge in [0.15, 0.2) is 9.84 Å². The van der Waals surface area contributed by atoms with Crippen LogP contribution in [0.5, 0.6) is 5.75 Å². The number of sulfone groups is 1. The summed E-state index contributed by atoms with van der Waals surface area (Å²) < 4.78 is 89.7. The highest BCUT2D eigenvalue weighted by Gasteiger charge is 2.30. The smallest absolute Gasteiger partial charge is 0.390 e. The number of allylic oxidation sites excluding steroid dienone is 2. The van der Waals surface area contributed by atoms with Crippen molar-refractivity contribution in [1.82, 2.24) is 4.90 Å². The highest BCUT2D eigenvalue weighted by atomic mass is 32.2. The summed E-state index contributed by atoms with van der Waals surface area (Å²) in [5.41, 5.74) is 4.46. The lowest BCUT2D eigenvalue weighted by Crippen LogP contribution is -2.31. The molecule has 4 nitrogen and oxygen atoms in total. The Morgan fingerprint density at radius 2 is 1.65 bits per heavy atom. The average molecular weight is 628 g/mol. The van der Waals surface area contributed by atoms with Gasteiger partial charge in [0.25, 0.3) is 0 Å². The summed E-state index contributed by atoms with van der Waals surface area (Å²) in [6.07, 6.45) is 4.21. The number of benzene rings is 2. The van der Waals surface area contributed by atoms with E-state index >= 15 is 0 Å². The molecule has 2 aromatic carbocycles. The van der Waals surface area contributed by atoms with Gasteiger partial charge in [0, 0.05) is 17.7 Å². The number of likely N-dealkylation sites (tertiary alicyclic amines) is 1. The Balaban J connectivity index is 1.28. The minimum absolute atomic E-state index is 0.199. The Labute approximate surface area is 251 Å². The lowest BCUT2D eigenvalue weighted by molar-refractivity contribution is -0.129. The van der Waals surface area contributed by atoms with E-state index in [1.54, 1.807) is 12.1 Å². The van der Waals surface area contributed by atoms with E-state index in [1.807, 2.05) is 6.07 Å². The second-order valence-electron chi connectivity index (χ2n) is 11.9. The molecule has 1 saturated heterocycles. The van der Waals surface area contributed by atoms with Crippen molar-refractivity contribution < 1.29 is 35.5 Å². The van der Waals surface area contributed by atoms with Gasteiger partial charge in [0.05, 0.1) is 17.9 Å². The van der Waals surface area contributed by atoms with Crippen molar-refractivity contribution in [1.29, 1.82) is 0 Å². The normalized spacial score (nSPS) is 18.2. The first-order valence-electron chi connectivity index (χ1n) is 15.4. The first-order valence-corrected chi connectivity index (χ1v) is 17.2. The average Bonchev–Trinajstić information content (AvgIpc) is 3.30. The van der Waals surface area contributed by atoms with Crippen LogP contribution in [0.25, 0.3) is 11.1 Å². The predicted octanol–water partition coefficient (Wildman–Crippen LogP) is 8.48. The van der Waals surface area contributed by atoms with Gasteiger partial charge in [-0.1, -0.05) is 18.9 Å². The molecule has 2 aliphatic rings. The molecule has 1 atom stereocenters. The molecular formula is C33H42F5NO3S. The van der Waals surface area contributed by atoms with Crippen molar-refractivity contribution in [2.75, 3.05) is 24.6 Å². The summed E-state index contributed by atoms with van der Waals surface area (Å²) in [6.45, 7) is 1.86. The van der Waals surface area contributed by atoms with Crippen LogP contribution in [-0.2, 0) is 16.3 Å². The first-order chi connectivity index (χ1) is 20.4. The number of phenols is 1. The SMILES string of the molecule is O=S(=O)(CCC[C@H]1CCCN1CCCCCCC1=C(c2ccc(F)cc2F)CCCc2cc(O)ccc21)CCC(F)(F)F. The molecule has 0 amide bonds. The minimum Gasteiger partial charge on any atom is -0.508 e. The molecule has 1 heterocycles. The summed E-state index contributed by atoms with van der Waals surface area (Å²) in [6, 6.07) is 9.37. The lowest BCUT2D eigenvalue weighted by atomic mass is 9.88. The van der Waals surface area contributed by atoms with Crippen molar-refractivity contribution >= 4 is 21.0 Å². The standard InChI is InChI=1S/C33H42F5NO3S/c34-25-13-15-31(32(35)23-25)30-12-5-8-24-22-27(40)14-16-28(24)29(30)11-3-1-2-4-18-39-19-6-9-26(39)10-7-20-43(41,42)21-17-33(36,37)38/h13-16,22-23,26,40H,1-12,17-21H2/t26-/m1/s1. The van der Waals surface area contributed by atoms with E-state index in [9.17, 15) is 35.5 Å². The highest BCUT2D eigenvalue weighted by Crippen LogP contribution is 2.40. The maximum absolute atomic E-state index is 14.9. The van der Waals surface area contributed by atoms with E-state index in [0.29, 0.717) is 24.8 Å². The number of alkyl halides is 3. The molecule has 0 spiro atoms. The second-order valence-corrected chi connectivity index (χ2v) is 14.2. The van der Waals surface area contributed by atoms with Gasteiger partial charge < -0.3 is 10.0 Å². The summed E-state index contributed by atoms with van der Waals surface area (Å²) in [4.78, 5) is 2.38. The van der Waals surface area contributed by atoms with Gasteiger partial charge in [-0.15, -0.1) is 0 Å². The fourth-order valence-corrected chi connectivity index (χ4v) is 7.92. The van der Waals surface area contributed by atoms with Crippen LogP contribution in [0.4, 0.5) is 22.0 Å². The third-order valence-electron chi connectivity index (χ3n) is 8.72. The van der Waals surface area contributed by atoms with Crippen LogP contribution in [0.3, 0.4) is 0 Å². The van der Waals surface area contributed by atoms with Crippen LogP contribution >= 0.6 is 0 Å². The number of unbranched alkanes of at least 4 members (excludes halogenated alkanes) is 3. The van der Waals surface area contributed by atoms with E-state index in [1.165, 1.54) is 12.1 Å². The van der Waals surface area contributed by atoms with Crippen molar-refractivity contribution in [3.8, 4) is 5.75 Å². The number of nitrogens with zero attached hydrogens (tertiary/aromatic N) is 1. The fourth-order valence-electron chi connectivity index (χ4n) is 6.57. The van der Waals surface area contributed by atoms with Crippen LogP contribution in [0.1, 0.15) is 93.7 Å². The number of hydrogen-bond donors (Lipinski definition) is 1. The molecule has 2 aromatic rings. The van der Waals surface area contributed by atoms with Gasteiger partial charge in [-0.05, 0) is 124 Å². The zero-order chi connectivity index (χ0) is 31.0. The molecule has 0 aromatic heterocycles. The van der Waals surface area contributed by atoms with Gasteiger partial charge in [-0.3, -0.25) is 0 Å². The van der Waals surface area contributed by atoms with E-state index in [0.717, 1.165) is 99.2 Å². The third-order valence-corrected chi connectivity index (χ3v) is 10.5. The number of halogens is 5. The van der Waals surface area contributed by atoms with Gasteiger partial charge in [-0.25, -0.2) is 17.2 Å². The summed E-state index contributed by atoms with van der Waals surface area (Å²) in [5, 5.41) is 10.1. The monoisotopic (exact) mass is 627 g/mol. The molecule has 238 valence electrons. The van der Waals surface area contributed by atoms with E-state index in [2.05, 4.69) is 4.90 Å². The van der Waals surface area contributed by atoms with Crippen LogP contribution in [0, 0.1) is 11.6 Å². The zero-order valence-electron chi connectivity index (χ0n) is 24.6. The summed E-state index contributed by atoms with van der Waals surface area (Å²) in [7, 11) is -3.70. The minimum atomic E-state index is -4.46. The molecule has 0 radical (unpaired) electrons. The topological polar surface area (TPSA) is 57.6 Å². The molecule has 0 bridgehead atoms. The molecular weight excluding hydrogens is 585 g/mol.